The summed E-state index contributed by atoms with van der Waals surface area (Å²) in [6.45, 7) is 10.1. The summed E-state index contributed by atoms with van der Waals surface area (Å²) in [5.41, 5.74) is 3.28. The Kier molecular flexibility index (Phi) is 8.18. The number of nitrogens with zero attached hydrogens (tertiary/aromatic N) is 2. The predicted octanol–water partition coefficient (Wildman–Crippen LogP) is 7.69. The lowest BCUT2D eigenvalue weighted by Gasteiger charge is -2.40. The smallest absolute Gasteiger partial charge is 0.420 e. The molecule has 2 aromatic carbocycles. The van der Waals surface area contributed by atoms with E-state index < -0.39 is 45.5 Å². The van der Waals surface area contributed by atoms with E-state index in [0.717, 1.165) is 37.3 Å². The number of ether oxygens (including phenoxy) is 2. The Morgan fingerprint density at radius 1 is 1.13 bits per heavy atom. The van der Waals surface area contributed by atoms with Crippen LogP contribution in [0.5, 0.6) is 11.5 Å². The van der Waals surface area contributed by atoms with E-state index in [1.807, 2.05) is 0 Å². The Balaban J connectivity index is 1.82. The highest BCUT2D eigenvalue weighted by atomic mass is 19.4. The van der Waals surface area contributed by atoms with Crippen molar-refractivity contribution < 1.29 is 32.4 Å². The van der Waals surface area contributed by atoms with Crippen molar-refractivity contribution in [1.29, 1.82) is 0 Å². The standard InChI is InChI=1S/C27H34F3N3O5/c1-25(2,3)38-24(34)32(18-10-12-26(4,5)13-11-18)16-17-6-8-19(9-7-17)37-23-15-21(31)22(33(35)36)14-20(23)27(28,29)30/h6-9,14-15,18H,10-13,16,31H2,1-5H3. The van der Waals surface area contributed by atoms with Gasteiger partial charge in [0.05, 0.1) is 4.92 Å². The van der Waals surface area contributed by atoms with E-state index in [1.54, 1.807) is 37.8 Å². The monoisotopic (exact) mass is 537 g/mol. The molecule has 0 aliphatic heterocycles. The lowest BCUT2D eigenvalue weighted by atomic mass is 9.75. The SMILES string of the molecule is CC1(C)CCC(N(Cc2ccc(Oc3cc(N)c([N+](=O)[O-])cc3C(F)(F)F)cc2)C(=O)OC(C)(C)C)CC1. The highest BCUT2D eigenvalue weighted by Crippen LogP contribution is 2.43. The molecule has 1 saturated carbocycles. The summed E-state index contributed by atoms with van der Waals surface area (Å²) in [6.07, 6.45) is -1.67. The van der Waals surface area contributed by atoms with Crippen LogP contribution in [0.4, 0.5) is 29.3 Å². The zero-order valence-corrected chi connectivity index (χ0v) is 22.2. The first-order valence-corrected chi connectivity index (χ1v) is 12.4. The quantitative estimate of drug-likeness (QED) is 0.230. The van der Waals surface area contributed by atoms with Gasteiger partial charge in [0.2, 0.25) is 0 Å². The van der Waals surface area contributed by atoms with Crippen LogP contribution in [-0.2, 0) is 17.5 Å². The molecule has 0 heterocycles. The summed E-state index contributed by atoms with van der Waals surface area (Å²) in [5, 5.41) is 11.0. The maximum Gasteiger partial charge on any atom is 0.420 e. The summed E-state index contributed by atoms with van der Waals surface area (Å²) >= 11 is 0. The first kappa shape index (κ1) is 29.1. The Morgan fingerprint density at radius 2 is 1.71 bits per heavy atom. The van der Waals surface area contributed by atoms with Gasteiger partial charge in [-0.25, -0.2) is 4.79 Å². The van der Waals surface area contributed by atoms with Gasteiger partial charge in [-0.2, -0.15) is 13.2 Å². The van der Waals surface area contributed by atoms with Gasteiger partial charge in [0.25, 0.3) is 5.69 Å². The molecule has 208 valence electrons. The fourth-order valence-electron chi connectivity index (χ4n) is 4.39. The molecule has 0 spiro atoms. The molecule has 38 heavy (non-hydrogen) atoms. The zero-order valence-electron chi connectivity index (χ0n) is 22.2. The molecule has 0 saturated heterocycles. The molecule has 1 amide bonds. The van der Waals surface area contributed by atoms with Crippen molar-refractivity contribution in [3.8, 4) is 11.5 Å². The molecule has 2 aromatic rings. The number of hydrogen-bond acceptors (Lipinski definition) is 6. The first-order chi connectivity index (χ1) is 17.4. The van der Waals surface area contributed by atoms with Crippen molar-refractivity contribution in [2.24, 2.45) is 5.41 Å². The molecule has 1 aliphatic rings. The van der Waals surface area contributed by atoms with Crippen molar-refractivity contribution in [2.45, 2.75) is 84.7 Å². The average Bonchev–Trinajstić information content (AvgIpc) is 2.76. The Morgan fingerprint density at radius 3 is 2.21 bits per heavy atom. The van der Waals surface area contributed by atoms with Crippen LogP contribution < -0.4 is 10.5 Å². The third-order valence-electron chi connectivity index (χ3n) is 6.51. The second kappa shape index (κ2) is 10.7. The molecule has 8 nitrogen and oxygen atoms in total. The molecule has 0 unspecified atom stereocenters. The summed E-state index contributed by atoms with van der Waals surface area (Å²) < 4.78 is 51.8. The van der Waals surface area contributed by atoms with E-state index in [4.69, 9.17) is 15.2 Å². The van der Waals surface area contributed by atoms with Gasteiger partial charge in [-0.15, -0.1) is 0 Å². The van der Waals surface area contributed by atoms with Gasteiger partial charge in [-0.1, -0.05) is 26.0 Å². The number of nitro benzene ring substituents is 1. The molecular formula is C27H34F3N3O5. The number of nitrogen functional groups attached to an aromatic ring is 1. The van der Waals surface area contributed by atoms with Gasteiger partial charge in [0, 0.05) is 24.7 Å². The van der Waals surface area contributed by atoms with Crippen molar-refractivity contribution in [3.63, 3.8) is 0 Å². The van der Waals surface area contributed by atoms with Crippen LogP contribution in [0.25, 0.3) is 0 Å². The largest absolute Gasteiger partial charge is 0.457 e. The Bertz CT molecular complexity index is 1160. The number of rotatable bonds is 6. The number of anilines is 1. The maximum atomic E-state index is 13.6. The van der Waals surface area contributed by atoms with Crippen LogP contribution in [-0.4, -0.2) is 27.6 Å². The van der Waals surface area contributed by atoms with Crippen molar-refractivity contribution in [1.82, 2.24) is 4.90 Å². The van der Waals surface area contributed by atoms with E-state index >= 15 is 0 Å². The number of carbonyl (C=O) groups excluding carboxylic acids is 1. The number of carbonyl (C=O) groups is 1. The van der Waals surface area contributed by atoms with Gasteiger partial charge in [0.1, 0.15) is 28.4 Å². The fraction of sp³-hybridized carbons (Fsp3) is 0.519. The minimum atomic E-state index is -4.89. The fourth-order valence-corrected chi connectivity index (χ4v) is 4.39. The molecular weight excluding hydrogens is 503 g/mol. The second-order valence-corrected chi connectivity index (χ2v) is 11.4. The van der Waals surface area contributed by atoms with Crippen LogP contribution in [0.15, 0.2) is 36.4 Å². The molecule has 0 bridgehead atoms. The van der Waals surface area contributed by atoms with E-state index in [-0.39, 0.29) is 23.8 Å². The van der Waals surface area contributed by atoms with E-state index in [9.17, 15) is 28.1 Å². The zero-order chi connectivity index (χ0) is 28.5. The molecule has 0 aromatic heterocycles. The summed E-state index contributed by atoms with van der Waals surface area (Å²) in [5.74, 6) is -0.565. The van der Waals surface area contributed by atoms with E-state index in [0.29, 0.717) is 6.07 Å². The van der Waals surface area contributed by atoms with Crippen molar-refractivity contribution in [2.75, 3.05) is 5.73 Å². The molecule has 2 N–H and O–H groups in total. The van der Waals surface area contributed by atoms with Gasteiger partial charge < -0.3 is 20.1 Å². The topological polar surface area (TPSA) is 108 Å². The third-order valence-corrected chi connectivity index (χ3v) is 6.51. The molecule has 0 atom stereocenters. The van der Waals surface area contributed by atoms with Crippen LogP contribution in [0.1, 0.15) is 71.4 Å². The number of nitrogens with two attached hydrogens (primary N) is 1. The van der Waals surface area contributed by atoms with Crippen LogP contribution in [0.2, 0.25) is 0 Å². The van der Waals surface area contributed by atoms with Gasteiger partial charge in [0.15, 0.2) is 0 Å². The number of benzene rings is 2. The Hall–Kier alpha value is -3.50. The van der Waals surface area contributed by atoms with Crippen LogP contribution in [0.3, 0.4) is 0 Å². The van der Waals surface area contributed by atoms with Crippen molar-refractivity contribution in [3.05, 3.63) is 57.6 Å². The van der Waals surface area contributed by atoms with Crippen LogP contribution in [0, 0.1) is 15.5 Å². The normalized spacial score (nSPS) is 16.1. The molecule has 0 radical (unpaired) electrons. The summed E-state index contributed by atoms with van der Waals surface area (Å²) in [4.78, 5) is 24.9. The molecule has 11 heteroatoms. The maximum absolute atomic E-state index is 13.6. The molecule has 1 aliphatic carbocycles. The van der Waals surface area contributed by atoms with Crippen molar-refractivity contribution >= 4 is 17.5 Å². The first-order valence-electron chi connectivity index (χ1n) is 12.4. The average molecular weight is 538 g/mol. The number of hydrogen-bond donors (Lipinski definition) is 1. The van der Waals surface area contributed by atoms with Gasteiger partial charge >= 0.3 is 12.3 Å². The summed E-state index contributed by atoms with van der Waals surface area (Å²) in [6, 6.07) is 7.43. The number of alkyl halides is 3. The van der Waals surface area contributed by atoms with E-state index in [2.05, 4.69) is 13.8 Å². The Labute approximate surface area is 220 Å². The highest BCUT2D eigenvalue weighted by molar-refractivity contribution is 5.69. The van der Waals surface area contributed by atoms with Gasteiger partial charge in [-0.3, -0.25) is 10.1 Å². The second-order valence-electron chi connectivity index (χ2n) is 11.4. The number of amides is 1. The third kappa shape index (κ3) is 7.52. The lowest BCUT2D eigenvalue weighted by Crippen LogP contribution is -2.45. The van der Waals surface area contributed by atoms with E-state index in [1.165, 1.54) is 12.1 Å². The summed E-state index contributed by atoms with van der Waals surface area (Å²) in [7, 11) is 0. The number of halogens is 3. The minimum Gasteiger partial charge on any atom is -0.457 e. The van der Waals surface area contributed by atoms with Gasteiger partial charge in [-0.05, 0) is 69.6 Å². The van der Waals surface area contributed by atoms with Crippen LogP contribution >= 0.6 is 0 Å². The predicted molar refractivity (Wildman–Crippen MR) is 137 cm³/mol. The molecule has 1 fully saturated rings. The highest BCUT2D eigenvalue weighted by Gasteiger charge is 2.38. The molecule has 3 rings (SSSR count). The lowest BCUT2D eigenvalue weighted by molar-refractivity contribution is -0.384. The number of nitro groups is 1. The minimum absolute atomic E-state index is 0.00577.